The zero-order chi connectivity index (χ0) is 30.4. The number of carbonyl (C=O) groups excluding carboxylic acids is 1. The number of carbonyl (C=O) groups is 1. The molecule has 0 aliphatic rings. The predicted molar refractivity (Wildman–Crippen MR) is 167 cm³/mol. The maximum Gasteiger partial charge on any atom is 0.305 e. The molecule has 250 valence electrons. The molecule has 0 atom stereocenters. The maximum absolute atomic E-state index is 11.8. The van der Waals surface area contributed by atoms with Crippen LogP contribution in [-0.4, -0.2) is 105 Å². The van der Waals surface area contributed by atoms with Crippen LogP contribution < -0.4 is 0 Å². The highest BCUT2D eigenvalue weighted by Gasteiger charge is 2.03. The topological polar surface area (TPSA) is 90.9 Å². The molecule has 0 amide bonds. The Bertz CT molecular complexity index is 534. The van der Waals surface area contributed by atoms with E-state index in [0.717, 1.165) is 12.8 Å². The summed E-state index contributed by atoms with van der Waals surface area (Å²) in [6.45, 7) is 13.3. The van der Waals surface area contributed by atoms with Crippen LogP contribution in [0.15, 0.2) is 12.7 Å². The van der Waals surface area contributed by atoms with E-state index in [4.69, 9.17) is 37.9 Å². The van der Waals surface area contributed by atoms with Crippen molar-refractivity contribution in [1.82, 2.24) is 0 Å². The molecule has 0 radical (unpaired) electrons. The fourth-order valence-electron chi connectivity index (χ4n) is 4.06. The van der Waals surface area contributed by atoms with Crippen LogP contribution in [0.25, 0.3) is 0 Å². The fourth-order valence-corrected chi connectivity index (χ4v) is 4.06. The first-order valence-electron chi connectivity index (χ1n) is 16.6. The minimum Gasteiger partial charge on any atom is -0.463 e. The van der Waals surface area contributed by atoms with Crippen LogP contribution in [0.2, 0.25) is 0 Å². The van der Waals surface area contributed by atoms with Crippen molar-refractivity contribution < 1.29 is 42.7 Å². The third-order valence-corrected chi connectivity index (χ3v) is 6.44. The van der Waals surface area contributed by atoms with Crippen LogP contribution in [-0.2, 0) is 42.7 Å². The Morgan fingerprint density at radius 2 is 0.762 bits per heavy atom. The van der Waals surface area contributed by atoms with E-state index in [1.807, 2.05) is 0 Å². The lowest BCUT2D eigenvalue weighted by Crippen LogP contribution is -2.15. The van der Waals surface area contributed by atoms with Gasteiger partial charge in [0, 0.05) is 6.42 Å². The van der Waals surface area contributed by atoms with E-state index in [-0.39, 0.29) is 5.97 Å². The van der Waals surface area contributed by atoms with Gasteiger partial charge in [-0.1, -0.05) is 90.0 Å². The van der Waals surface area contributed by atoms with Gasteiger partial charge in [-0.25, -0.2) is 0 Å². The first-order chi connectivity index (χ1) is 20.8. The second-order valence-electron chi connectivity index (χ2n) is 10.3. The molecule has 0 aromatic carbocycles. The van der Waals surface area contributed by atoms with Gasteiger partial charge in [-0.2, -0.15) is 0 Å². The first kappa shape index (κ1) is 40.9. The minimum absolute atomic E-state index is 0.127. The number of unbranched alkanes of at least 4 members (excludes halogenated alkanes) is 12. The van der Waals surface area contributed by atoms with Crippen LogP contribution in [0.1, 0.15) is 96.8 Å². The molecule has 9 heteroatoms. The Morgan fingerprint density at radius 3 is 1.12 bits per heavy atom. The highest BCUT2D eigenvalue weighted by molar-refractivity contribution is 5.69. The van der Waals surface area contributed by atoms with E-state index < -0.39 is 0 Å². The standard InChI is InChI=1S/C33H64O9/c1-3-5-6-7-8-9-10-11-12-13-14-15-16-17-33(34)42-32-31-41-30-29-40-28-27-39-26-25-38-24-23-37-22-21-36-20-19-35-18-4-2/h4H,2-3,5-32H2,1H3. The molecule has 0 aliphatic carbocycles. The molecule has 0 bridgehead atoms. The van der Waals surface area contributed by atoms with Gasteiger partial charge in [-0.3, -0.25) is 4.79 Å². The summed E-state index contributed by atoms with van der Waals surface area (Å²) >= 11 is 0. The SMILES string of the molecule is C=CCOCCOCCOCCOCCOCCOCCOCCOC(=O)CCCCCCCCCCCCCCC. The van der Waals surface area contributed by atoms with Gasteiger partial charge in [0.2, 0.25) is 0 Å². The van der Waals surface area contributed by atoms with Crippen molar-refractivity contribution in [1.29, 1.82) is 0 Å². The van der Waals surface area contributed by atoms with Gasteiger partial charge in [0.05, 0.1) is 92.5 Å². The molecule has 0 saturated heterocycles. The lowest BCUT2D eigenvalue weighted by molar-refractivity contribution is -0.145. The van der Waals surface area contributed by atoms with Crippen molar-refractivity contribution in [2.75, 3.05) is 99.1 Å². The summed E-state index contributed by atoms with van der Waals surface area (Å²) in [5.41, 5.74) is 0. The Balaban J connectivity index is 3.13. The second kappa shape index (κ2) is 38.0. The summed E-state index contributed by atoms with van der Waals surface area (Å²) in [6, 6.07) is 0. The molecule has 0 spiro atoms. The summed E-state index contributed by atoms with van der Waals surface area (Å²) < 4.78 is 43.1. The minimum atomic E-state index is -0.127. The monoisotopic (exact) mass is 604 g/mol. The van der Waals surface area contributed by atoms with Gasteiger partial charge in [0.1, 0.15) is 6.61 Å². The maximum atomic E-state index is 11.8. The smallest absolute Gasteiger partial charge is 0.305 e. The van der Waals surface area contributed by atoms with Crippen LogP contribution in [0.5, 0.6) is 0 Å². The van der Waals surface area contributed by atoms with Crippen LogP contribution in [0, 0.1) is 0 Å². The second-order valence-corrected chi connectivity index (χ2v) is 10.3. The summed E-state index contributed by atoms with van der Waals surface area (Å²) in [5.74, 6) is -0.127. The summed E-state index contributed by atoms with van der Waals surface area (Å²) in [6.07, 6.45) is 19.1. The molecule has 42 heavy (non-hydrogen) atoms. The van der Waals surface area contributed by atoms with Crippen molar-refractivity contribution >= 4 is 5.97 Å². The number of esters is 1. The summed E-state index contributed by atoms with van der Waals surface area (Å²) in [4.78, 5) is 11.8. The number of hydrogen-bond donors (Lipinski definition) is 0. The van der Waals surface area contributed by atoms with E-state index in [1.54, 1.807) is 6.08 Å². The van der Waals surface area contributed by atoms with E-state index in [0.29, 0.717) is 106 Å². The van der Waals surface area contributed by atoms with Gasteiger partial charge in [-0.05, 0) is 6.42 Å². The Kier molecular flexibility index (Phi) is 37.0. The van der Waals surface area contributed by atoms with Gasteiger partial charge in [0.15, 0.2) is 0 Å². The Hall–Kier alpha value is -1.07. The van der Waals surface area contributed by atoms with Gasteiger partial charge in [-0.15, -0.1) is 6.58 Å². The van der Waals surface area contributed by atoms with E-state index in [1.165, 1.54) is 70.6 Å². The molecule has 0 unspecified atom stereocenters. The third-order valence-electron chi connectivity index (χ3n) is 6.44. The molecular formula is C33H64O9. The molecule has 0 heterocycles. The van der Waals surface area contributed by atoms with Gasteiger partial charge >= 0.3 is 5.97 Å². The Morgan fingerprint density at radius 1 is 0.452 bits per heavy atom. The highest BCUT2D eigenvalue weighted by atomic mass is 16.6. The van der Waals surface area contributed by atoms with E-state index in [9.17, 15) is 4.79 Å². The number of ether oxygens (including phenoxy) is 8. The van der Waals surface area contributed by atoms with Crippen LogP contribution in [0.4, 0.5) is 0 Å². The highest BCUT2D eigenvalue weighted by Crippen LogP contribution is 2.13. The molecule has 0 saturated carbocycles. The Labute approximate surface area is 257 Å². The van der Waals surface area contributed by atoms with E-state index in [2.05, 4.69) is 13.5 Å². The quantitative estimate of drug-likeness (QED) is 0.0459. The number of hydrogen-bond acceptors (Lipinski definition) is 9. The average molecular weight is 605 g/mol. The van der Waals surface area contributed by atoms with Gasteiger partial charge in [0.25, 0.3) is 0 Å². The predicted octanol–water partition coefficient (Wildman–Crippen LogP) is 6.31. The van der Waals surface area contributed by atoms with Crippen molar-refractivity contribution in [3.8, 4) is 0 Å². The average Bonchev–Trinajstić information content (AvgIpc) is 3.00. The zero-order valence-corrected chi connectivity index (χ0v) is 27.0. The summed E-state index contributed by atoms with van der Waals surface area (Å²) in [5, 5.41) is 0. The molecule has 0 rings (SSSR count). The van der Waals surface area contributed by atoms with Crippen LogP contribution >= 0.6 is 0 Å². The number of rotatable bonds is 37. The fraction of sp³-hybridized carbons (Fsp3) is 0.909. The molecule has 0 fully saturated rings. The van der Waals surface area contributed by atoms with Gasteiger partial charge < -0.3 is 37.9 Å². The molecule has 0 aliphatic heterocycles. The molecule has 0 aromatic rings. The van der Waals surface area contributed by atoms with E-state index >= 15 is 0 Å². The lowest BCUT2D eigenvalue weighted by atomic mass is 10.0. The molecule has 9 nitrogen and oxygen atoms in total. The lowest BCUT2D eigenvalue weighted by Gasteiger charge is -2.08. The molecule has 0 aromatic heterocycles. The normalized spacial score (nSPS) is 11.3. The van der Waals surface area contributed by atoms with Crippen molar-refractivity contribution in [3.05, 3.63) is 12.7 Å². The third kappa shape index (κ3) is 37.0. The van der Waals surface area contributed by atoms with Crippen molar-refractivity contribution in [2.45, 2.75) is 96.8 Å². The summed E-state index contributed by atoms with van der Waals surface area (Å²) in [7, 11) is 0. The molecule has 0 N–H and O–H groups in total. The van der Waals surface area contributed by atoms with Crippen molar-refractivity contribution in [3.63, 3.8) is 0 Å². The molecular weight excluding hydrogens is 540 g/mol. The van der Waals surface area contributed by atoms with Crippen molar-refractivity contribution in [2.24, 2.45) is 0 Å². The zero-order valence-electron chi connectivity index (χ0n) is 27.0. The van der Waals surface area contributed by atoms with Crippen LogP contribution in [0.3, 0.4) is 0 Å². The largest absolute Gasteiger partial charge is 0.463 e. The first-order valence-corrected chi connectivity index (χ1v) is 16.6.